The van der Waals surface area contributed by atoms with Crippen LogP contribution in [0.5, 0.6) is 5.75 Å². The molecule has 0 saturated carbocycles. The molecule has 1 aromatic carbocycles. The monoisotopic (exact) mass is 276 g/mol. The van der Waals surface area contributed by atoms with Crippen molar-refractivity contribution in [3.63, 3.8) is 0 Å². The summed E-state index contributed by atoms with van der Waals surface area (Å²) in [5.41, 5.74) is 0.188. The number of carboxylic acid groups (broad SMARTS) is 1. The third-order valence-electron chi connectivity index (χ3n) is 2.78. The molecule has 1 aromatic heterocycles. The number of hydrogen-bond donors (Lipinski definition) is 1. The number of aromatic carboxylic acids is 1. The number of aromatic nitrogens is 4. The lowest BCUT2D eigenvalue weighted by Gasteiger charge is -2.07. The van der Waals surface area contributed by atoms with Crippen LogP contribution in [0.1, 0.15) is 35.9 Å². The maximum absolute atomic E-state index is 10.9. The molecule has 1 heterocycles. The van der Waals surface area contributed by atoms with Crippen molar-refractivity contribution in [3.05, 3.63) is 35.7 Å². The smallest absolute Gasteiger partial charge is 0.335 e. The van der Waals surface area contributed by atoms with Crippen LogP contribution in [0.2, 0.25) is 0 Å². The summed E-state index contributed by atoms with van der Waals surface area (Å²) in [5.74, 6) is 0.123. The average molecular weight is 276 g/mol. The minimum Gasteiger partial charge on any atom is -0.486 e. The lowest BCUT2D eigenvalue weighted by atomic mass is 10.2. The van der Waals surface area contributed by atoms with Crippen molar-refractivity contribution in [1.82, 2.24) is 20.2 Å². The molecule has 0 aliphatic heterocycles. The highest BCUT2D eigenvalue weighted by molar-refractivity contribution is 5.87. The summed E-state index contributed by atoms with van der Waals surface area (Å²) >= 11 is 0. The van der Waals surface area contributed by atoms with Crippen molar-refractivity contribution in [2.75, 3.05) is 0 Å². The second kappa shape index (κ2) is 6.65. The van der Waals surface area contributed by atoms with E-state index in [2.05, 4.69) is 22.4 Å². The Balaban J connectivity index is 2.00. The normalized spacial score (nSPS) is 10.4. The van der Waals surface area contributed by atoms with Crippen LogP contribution in [0, 0.1) is 0 Å². The Bertz CT molecular complexity index is 583. The van der Waals surface area contributed by atoms with Crippen LogP contribution in [-0.4, -0.2) is 31.3 Å². The van der Waals surface area contributed by atoms with Crippen molar-refractivity contribution in [1.29, 1.82) is 0 Å². The number of hydrogen-bond acceptors (Lipinski definition) is 5. The Hall–Kier alpha value is -2.44. The third-order valence-corrected chi connectivity index (χ3v) is 2.78. The number of carbonyl (C=O) groups is 1. The summed E-state index contributed by atoms with van der Waals surface area (Å²) in [6, 6.07) is 6.33. The molecule has 20 heavy (non-hydrogen) atoms. The molecule has 0 spiro atoms. The van der Waals surface area contributed by atoms with Gasteiger partial charge in [0.15, 0.2) is 5.82 Å². The van der Waals surface area contributed by atoms with E-state index in [0.717, 1.165) is 19.4 Å². The van der Waals surface area contributed by atoms with Crippen molar-refractivity contribution in [2.45, 2.75) is 32.9 Å². The van der Waals surface area contributed by atoms with Gasteiger partial charge >= 0.3 is 5.97 Å². The molecule has 106 valence electrons. The number of carboxylic acids is 1. The number of rotatable bonds is 7. The van der Waals surface area contributed by atoms with Crippen molar-refractivity contribution in [3.8, 4) is 5.75 Å². The molecule has 7 heteroatoms. The predicted octanol–water partition coefficient (Wildman–Crippen LogP) is 1.75. The standard InChI is InChI=1S/C13H16N4O3/c1-2-3-7-17-12(14-15-16-17)9-20-11-6-4-5-10(8-11)13(18)19/h4-6,8H,2-3,7,9H2,1H3,(H,18,19). The third kappa shape index (κ3) is 3.53. The summed E-state index contributed by atoms with van der Waals surface area (Å²) in [4.78, 5) is 10.9. The maximum Gasteiger partial charge on any atom is 0.335 e. The topological polar surface area (TPSA) is 90.1 Å². The van der Waals surface area contributed by atoms with Crippen LogP contribution in [0.15, 0.2) is 24.3 Å². The van der Waals surface area contributed by atoms with E-state index in [4.69, 9.17) is 9.84 Å². The largest absolute Gasteiger partial charge is 0.486 e. The van der Waals surface area contributed by atoms with Crippen LogP contribution in [0.25, 0.3) is 0 Å². The highest BCUT2D eigenvalue weighted by atomic mass is 16.5. The number of unbranched alkanes of at least 4 members (excludes halogenated alkanes) is 1. The van der Waals surface area contributed by atoms with Gasteiger partial charge in [-0.15, -0.1) is 5.10 Å². The van der Waals surface area contributed by atoms with E-state index < -0.39 is 5.97 Å². The fourth-order valence-electron chi connectivity index (χ4n) is 1.67. The highest BCUT2D eigenvalue weighted by Crippen LogP contribution is 2.14. The van der Waals surface area contributed by atoms with Gasteiger partial charge in [0.05, 0.1) is 5.56 Å². The summed E-state index contributed by atoms with van der Waals surface area (Å²) in [6.45, 7) is 3.05. The second-order valence-corrected chi connectivity index (χ2v) is 4.29. The molecule has 0 amide bonds. The highest BCUT2D eigenvalue weighted by Gasteiger charge is 2.08. The van der Waals surface area contributed by atoms with Crippen molar-refractivity contribution < 1.29 is 14.6 Å². The van der Waals surface area contributed by atoms with Gasteiger partial charge in [0.1, 0.15) is 12.4 Å². The van der Waals surface area contributed by atoms with Crippen LogP contribution < -0.4 is 4.74 Å². The van der Waals surface area contributed by atoms with Gasteiger partial charge in [-0.2, -0.15) is 0 Å². The SMILES string of the molecule is CCCCn1nnnc1COc1cccc(C(=O)O)c1. The molecule has 1 N–H and O–H groups in total. The summed E-state index contributed by atoms with van der Waals surface area (Å²) < 4.78 is 7.23. The van der Waals surface area contributed by atoms with Gasteiger partial charge in [0.25, 0.3) is 0 Å². The zero-order valence-corrected chi connectivity index (χ0v) is 11.2. The van der Waals surface area contributed by atoms with Gasteiger partial charge in [0, 0.05) is 6.54 Å². The first-order valence-electron chi connectivity index (χ1n) is 6.42. The first-order chi connectivity index (χ1) is 9.70. The van der Waals surface area contributed by atoms with E-state index in [0.29, 0.717) is 11.6 Å². The number of tetrazole rings is 1. The summed E-state index contributed by atoms with van der Waals surface area (Å²) in [7, 11) is 0. The van der Waals surface area contributed by atoms with Crippen molar-refractivity contribution >= 4 is 5.97 Å². The molecular formula is C13H16N4O3. The van der Waals surface area contributed by atoms with E-state index >= 15 is 0 Å². The van der Waals surface area contributed by atoms with E-state index in [-0.39, 0.29) is 12.2 Å². The van der Waals surface area contributed by atoms with E-state index in [1.54, 1.807) is 16.8 Å². The number of nitrogens with zero attached hydrogens (tertiary/aromatic N) is 4. The minimum absolute atomic E-state index is 0.188. The molecule has 0 aliphatic rings. The first kappa shape index (κ1) is 14.0. The summed E-state index contributed by atoms with van der Waals surface area (Å²) in [6.07, 6.45) is 2.05. The van der Waals surface area contributed by atoms with Gasteiger partial charge in [0.2, 0.25) is 0 Å². The van der Waals surface area contributed by atoms with Gasteiger partial charge < -0.3 is 9.84 Å². The van der Waals surface area contributed by atoms with E-state index in [1.165, 1.54) is 12.1 Å². The van der Waals surface area contributed by atoms with Gasteiger partial charge in [-0.1, -0.05) is 19.4 Å². The molecule has 0 atom stereocenters. The van der Waals surface area contributed by atoms with Crippen LogP contribution in [0.3, 0.4) is 0 Å². The molecule has 0 radical (unpaired) electrons. The lowest BCUT2D eigenvalue weighted by Crippen LogP contribution is -2.09. The number of ether oxygens (including phenoxy) is 1. The molecule has 2 aromatic rings. The Morgan fingerprint density at radius 1 is 1.45 bits per heavy atom. The average Bonchev–Trinajstić information content (AvgIpc) is 2.90. The van der Waals surface area contributed by atoms with Gasteiger partial charge in [-0.05, 0) is 35.0 Å². The Morgan fingerprint density at radius 3 is 3.05 bits per heavy atom. The molecule has 0 fully saturated rings. The summed E-state index contributed by atoms with van der Waals surface area (Å²) in [5, 5.41) is 20.3. The molecular weight excluding hydrogens is 260 g/mol. The predicted molar refractivity (Wildman–Crippen MR) is 70.5 cm³/mol. The number of aryl methyl sites for hydroxylation is 1. The van der Waals surface area contributed by atoms with Crippen LogP contribution >= 0.6 is 0 Å². The molecule has 0 bridgehead atoms. The maximum atomic E-state index is 10.9. The molecule has 0 unspecified atom stereocenters. The van der Waals surface area contributed by atoms with Crippen LogP contribution in [-0.2, 0) is 13.2 Å². The van der Waals surface area contributed by atoms with Crippen molar-refractivity contribution in [2.24, 2.45) is 0 Å². The Labute approximate surface area is 116 Å². The minimum atomic E-state index is -0.983. The lowest BCUT2D eigenvalue weighted by molar-refractivity contribution is 0.0696. The van der Waals surface area contributed by atoms with E-state index in [9.17, 15) is 4.79 Å². The van der Waals surface area contributed by atoms with Gasteiger partial charge in [-0.25, -0.2) is 9.48 Å². The molecule has 0 saturated heterocycles. The molecule has 7 nitrogen and oxygen atoms in total. The van der Waals surface area contributed by atoms with Gasteiger partial charge in [-0.3, -0.25) is 0 Å². The Morgan fingerprint density at radius 2 is 2.30 bits per heavy atom. The zero-order chi connectivity index (χ0) is 14.4. The first-order valence-corrected chi connectivity index (χ1v) is 6.42. The molecule has 2 rings (SSSR count). The van der Waals surface area contributed by atoms with E-state index in [1.807, 2.05) is 0 Å². The quantitative estimate of drug-likeness (QED) is 0.828. The Kier molecular flexibility index (Phi) is 4.65. The molecule has 0 aliphatic carbocycles. The van der Waals surface area contributed by atoms with Crippen LogP contribution in [0.4, 0.5) is 0 Å². The second-order valence-electron chi connectivity index (χ2n) is 4.29. The zero-order valence-electron chi connectivity index (χ0n) is 11.2. The fourth-order valence-corrected chi connectivity index (χ4v) is 1.67. The number of benzene rings is 1. The fraction of sp³-hybridized carbons (Fsp3) is 0.385.